The molecule has 2 aliphatic rings. The zero-order valence-corrected chi connectivity index (χ0v) is 9.35. The first-order valence-corrected chi connectivity index (χ1v) is 5.97. The summed E-state index contributed by atoms with van der Waals surface area (Å²) in [5, 5.41) is 7.91. The van der Waals surface area contributed by atoms with E-state index in [-0.39, 0.29) is 0 Å². The lowest BCUT2D eigenvalue weighted by Crippen LogP contribution is -2.41. The summed E-state index contributed by atoms with van der Waals surface area (Å²) in [6, 6.07) is 7.49. The van der Waals surface area contributed by atoms with Crippen LogP contribution in [0.25, 0.3) is 0 Å². The average Bonchev–Trinajstić information content (AvgIpc) is 3.02. The van der Waals surface area contributed by atoms with Crippen LogP contribution in [0, 0.1) is 0 Å². The zero-order valence-electron chi connectivity index (χ0n) is 8.59. The molecule has 0 spiro atoms. The monoisotopic (exact) mass is 222 g/mol. The van der Waals surface area contributed by atoms with Crippen LogP contribution in [-0.4, -0.2) is 18.6 Å². The van der Waals surface area contributed by atoms with Crippen LogP contribution in [0.5, 0.6) is 0 Å². The van der Waals surface area contributed by atoms with E-state index in [1.165, 1.54) is 24.1 Å². The molecule has 1 heterocycles. The van der Waals surface area contributed by atoms with Crippen molar-refractivity contribution >= 4 is 17.3 Å². The fourth-order valence-corrected chi connectivity index (χ4v) is 2.34. The van der Waals surface area contributed by atoms with Crippen LogP contribution >= 0.6 is 11.6 Å². The van der Waals surface area contributed by atoms with Crippen molar-refractivity contribution in [3.63, 3.8) is 0 Å². The molecule has 1 unspecified atom stereocenters. The maximum absolute atomic E-state index is 5.95. The highest BCUT2D eigenvalue weighted by atomic mass is 35.5. The van der Waals surface area contributed by atoms with Gasteiger partial charge in [0.15, 0.2) is 0 Å². The molecule has 3 heteroatoms. The maximum atomic E-state index is 5.95. The fourth-order valence-electron chi connectivity index (χ4n) is 2.16. The van der Waals surface area contributed by atoms with Gasteiger partial charge < -0.3 is 10.6 Å². The number of hydrogen-bond acceptors (Lipinski definition) is 2. The first-order valence-electron chi connectivity index (χ1n) is 5.59. The molecule has 80 valence electrons. The second-order valence-electron chi connectivity index (χ2n) is 4.52. The maximum Gasteiger partial charge on any atom is 0.0426 e. The molecule has 3 rings (SSSR count). The molecule has 1 aromatic rings. The molecule has 0 amide bonds. The van der Waals surface area contributed by atoms with Gasteiger partial charge in [-0.25, -0.2) is 0 Å². The van der Waals surface area contributed by atoms with Gasteiger partial charge in [0.05, 0.1) is 0 Å². The first kappa shape index (κ1) is 9.49. The third kappa shape index (κ3) is 2.11. The van der Waals surface area contributed by atoms with Gasteiger partial charge >= 0.3 is 0 Å². The molecule has 1 aromatic carbocycles. The van der Waals surface area contributed by atoms with E-state index in [1.54, 1.807) is 0 Å². The Morgan fingerprint density at radius 1 is 1.27 bits per heavy atom. The number of halogens is 1. The van der Waals surface area contributed by atoms with Crippen LogP contribution in [0.1, 0.15) is 18.4 Å². The topological polar surface area (TPSA) is 24.1 Å². The summed E-state index contributed by atoms with van der Waals surface area (Å²) in [5.41, 5.74) is 2.58. The van der Waals surface area contributed by atoms with E-state index in [9.17, 15) is 0 Å². The third-order valence-electron chi connectivity index (χ3n) is 3.13. The minimum atomic E-state index is 0.589. The van der Waals surface area contributed by atoms with Gasteiger partial charge in [-0.05, 0) is 37.0 Å². The third-order valence-corrected chi connectivity index (χ3v) is 3.36. The van der Waals surface area contributed by atoms with Crippen LogP contribution < -0.4 is 10.6 Å². The molecular formula is C12H15ClN2. The Bertz CT molecular complexity index is 374. The standard InChI is InChI=1S/C12H15ClN2/c13-9-2-1-8-5-11(15-10-3-4-10)7-14-12(8)6-9/h1-2,6,10-11,14-15H,3-5,7H2. The van der Waals surface area contributed by atoms with Crippen LogP contribution in [-0.2, 0) is 6.42 Å². The summed E-state index contributed by atoms with van der Waals surface area (Å²) in [6.07, 6.45) is 3.82. The van der Waals surface area contributed by atoms with E-state index in [1.807, 2.05) is 12.1 Å². The van der Waals surface area contributed by atoms with Crippen LogP contribution in [0.15, 0.2) is 18.2 Å². The van der Waals surface area contributed by atoms with Gasteiger partial charge in [-0.1, -0.05) is 17.7 Å². The minimum absolute atomic E-state index is 0.589. The van der Waals surface area contributed by atoms with E-state index in [0.29, 0.717) is 6.04 Å². The second-order valence-corrected chi connectivity index (χ2v) is 4.96. The van der Waals surface area contributed by atoms with Gasteiger partial charge in [-0.2, -0.15) is 0 Å². The van der Waals surface area contributed by atoms with Crippen LogP contribution in [0.2, 0.25) is 5.02 Å². The Morgan fingerprint density at radius 2 is 2.13 bits per heavy atom. The van der Waals surface area contributed by atoms with Crippen molar-refractivity contribution in [2.45, 2.75) is 31.3 Å². The normalized spacial score (nSPS) is 24.5. The predicted molar refractivity (Wildman–Crippen MR) is 63.6 cm³/mol. The largest absolute Gasteiger partial charge is 0.383 e. The van der Waals surface area contributed by atoms with Crippen molar-refractivity contribution in [2.24, 2.45) is 0 Å². The summed E-state index contributed by atoms with van der Waals surface area (Å²) in [6.45, 7) is 1.02. The highest BCUT2D eigenvalue weighted by Gasteiger charge is 2.26. The van der Waals surface area contributed by atoms with E-state index < -0.39 is 0 Å². The summed E-state index contributed by atoms with van der Waals surface area (Å²) >= 11 is 5.95. The molecule has 15 heavy (non-hydrogen) atoms. The van der Waals surface area contributed by atoms with Crippen LogP contribution in [0.3, 0.4) is 0 Å². The van der Waals surface area contributed by atoms with Crippen molar-refractivity contribution in [1.82, 2.24) is 5.32 Å². The Balaban J connectivity index is 1.74. The quantitative estimate of drug-likeness (QED) is 0.803. The van der Waals surface area contributed by atoms with Gasteiger partial charge in [-0.15, -0.1) is 0 Å². The number of rotatable bonds is 2. The van der Waals surface area contributed by atoms with Gasteiger partial charge in [-0.3, -0.25) is 0 Å². The van der Waals surface area contributed by atoms with Crippen molar-refractivity contribution in [1.29, 1.82) is 0 Å². The van der Waals surface area contributed by atoms with Gasteiger partial charge in [0, 0.05) is 29.3 Å². The van der Waals surface area contributed by atoms with Crippen molar-refractivity contribution in [3.05, 3.63) is 28.8 Å². The molecule has 1 saturated carbocycles. The van der Waals surface area contributed by atoms with Gasteiger partial charge in [0.2, 0.25) is 0 Å². The van der Waals surface area contributed by atoms with Crippen LogP contribution in [0.4, 0.5) is 5.69 Å². The van der Waals surface area contributed by atoms with Crippen molar-refractivity contribution in [3.8, 4) is 0 Å². The van der Waals surface area contributed by atoms with Gasteiger partial charge in [0.25, 0.3) is 0 Å². The minimum Gasteiger partial charge on any atom is -0.383 e. The molecule has 0 bridgehead atoms. The van der Waals surface area contributed by atoms with Crippen molar-refractivity contribution in [2.75, 3.05) is 11.9 Å². The fraction of sp³-hybridized carbons (Fsp3) is 0.500. The number of hydrogen-bond donors (Lipinski definition) is 2. The summed E-state index contributed by atoms with van der Waals surface area (Å²) in [4.78, 5) is 0. The second kappa shape index (κ2) is 3.69. The predicted octanol–water partition coefficient (Wildman–Crippen LogP) is 2.43. The number of benzene rings is 1. The molecule has 0 saturated heterocycles. The molecule has 1 aliphatic carbocycles. The molecule has 1 atom stereocenters. The lowest BCUT2D eigenvalue weighted by Gasteiger charge is -2.27. The zero-order chi connectivity index (χ0) is 10.3. The molecular weight excluding hydrogens is 208 g/mol. The number of anilines is 1. The van der Waals surface area contributed by atoms with E-state index in [2.05, 4.69) is 16.7 Å². The first-order chi connectivity index (χ1) is 7.31. The average molecular weight is 223 g/mol. The molecule has 0 radical (unpaired) electrons. The molecule has 2 N–H and O–H groups in total. The Labute approximate surface area is 95.0 Å². The number of fused-ring (bicyclic) bond motifs is 1. The van der Waals surface area contributed by atoms with Crippen molar-refractivity contribution < 1.29 is 0 Å². The molecule has 0 aromatic heterocycles. The van der Waals surface area contributed by atoms with E-state index in [4.69, 9.17) is 11.6 Å². The smallest absolute Gasteiger partial charge is 0.0426 e. The molecule has 1 fully saturated rings. The Morgan fingerprint density at radius 3 is 2.93 bits per heavy atom. The summed E-state index contributed by atoms with van der Waals surface area (Å²) < 4.78 is 0. The number of nitrogens with one attached hydrogen (secondary N) is 2. The Hall–Kier alpha value is -0.730. The highest BCUT2D eigenvalue weighted by Crippen LogP contribution is 2.27. The lowest BCUT2D eigenvalue weighted by molar-refractivity contribution is 0.515. The summed E-state index contributed by atoms with van der Waals surface area (Å²) in [5.74, 6) is 0. The van der Waals surface area contributed by atoms with E-state index in [0.717, 1.165) is 24.0 Å². The SMILES string of the molecule is Clc1ccc2c(c1)NCC(NC1CC1)C2. The molecule has 2 nitrogen and oxygen atoms in total. The lowest BCUT2D eigenvalue weighted by atomic mass is 10.00. The van der Waals surface area contributed by atoms with Gasteiger partial charge in [0.1, 0.15) is 0 Å². The van der Waals surface area contributed by atoms with E-state index >= 15 is 0 Å². The Kier molecular flexibility index (Phi) is 2.33. The summed E-state index contributed by atoms with van der Waals surface area (Å²) in [7, 11) is 0. The highest BCUT2D eigenvalue weighted by molar-refractivity contribution is 6.30. The molecule has 1 aliphatic heterocycles.